The molecular weight excluding hydrogens is 2450 g/mol. The third-order valence-corrected chi connectivity index (χ3v) is 9.70. The van der Waals surface area contributed by atoms with Crippen LogP contribution in [0.5, 0.6) is 0 Å². The summed E-state index contributed by atoms with van der Waals surface area (Å²) in [6.45, 7) is 21.1. The molecule has 0 aliphatic heterocycles. The summed E-state index contributed by atoms with van der Waals surface area (Å²) in [7, 11) is 19.5. The number of carbonyl (C=O) groups is 15. The van der Waals surface area contributed by atoms with Crippen molar-refractivity contribution in [1.29, 1.82) is 0 Å². The molecule has 0 amide bonds. The van der Waals surface area contributed by atoms with Crippen molar-refractivity contribution >= 4 is 127 Å². The van der Waals surface area contributed by atoms with Gasteiger partial charge in [-0.1, -0.05) is 133 Å². The van der Waals surface area contributed by atoms with Gasteiger partial charge in [0, 0.05) is 76.1 Å². The molecule has 49 heteroatoms. The predicted octanol–water partition coefficient (Wildman–Crippen LogP) is 16.6. The molecule has 0 saturated heterocycles. The van der Waals surface area contributed by atoms with E-state index >= 15 is 0 Å². The van der Waals surface area contributed by atoms with Gasteiger partial charge in [-0.3, -0.25) is 62.5 Å². The van der Waals surface area contributed by atoms with E-state index in [2.05, 4.69) is 11.9 Å². The van der Waals surface area contributed by atoms with Gasteiger partial charge >= 0.3 is 223 Å². The van der Waals surface area contributed by atoms with E-state index < -0.39 is 135 Å². The van der Waals surface area contributed by atoms with Crippen molar-refractivity contribution in [1.82, 2.24) is 4.98 Å². The smallest absolute Gasteiger partial charge is 0.693 e. The first kappa shape index (κ1) is 168. The third-order valence-electron chi connectivity index (χ3n) is 9.70. The number of nitrogens with zero attached hydrogens (tertiary/aromatic N) is 1. The molecule has 0 aromatic carbocycles. The second-order valence-corrected chi connectivity index (χ2v) is 24.3. The minimum Gasteiger partial charge on any atom is -0.693 e. The second kappa shape index (κ2) is 135. The minimum absolute atomic E-state index is 0. The summed E-state index contributed by atoms with van der Waals surface area (Å²) in [6.07, 6.45) is 16.3. The van der Waals surface area contributed by atoms with Gasteiger partial charge in [-0.2, -0.15) is 12.0 Å². The minimum atomic E-state index is -1.82. The maximum absolute atomic E-state index is 10.4. The first-order valence-corrected chi connectivity index (χ1v) is 40.6. The Morgan fingerprint density at radius 1 is 0.426 bits per heavy atom. The fourth-order valence-corrected chi connectivity index (χ4v) is 3.81. The van der Waals surface area contributed by atoms with Crippen LogP contribution in [0.4, 0.5) is 0 Å². The molecule has 1 aromatic heterocycles. The van der Waals surface area contributed by atoms with E-state index in [-0.39, 0.29) is 189 Å². The Morgan fingerprint density at radius 2 is 0.620 bits per heavy atom. The van der Waals surface area contributed by atoms with Gasteiger partial charge in [-0.15, -0.1) is 6.04 Å². The summed E-state index contributed by atoms with van der Waals surface area (Å²) in [5.41, 5.74) is 14.3. The molecule has 40 nitrogen and oxygen atoms in total. The van der Waals surface area contributed by atoms with E-state index in [9.17, 15) is 57.5 Å². The molecule has 1 aromatic rings. The first-order valence-electron chi connectivity index (χ1n) is 29.3. The normalized spacial score (nSPS) is 11.7. The molecule has 0 bridgehead atoms. The number of halogens is 4. The Kier molecular flexibility index (Phi) is 209. The van der Waals surface area contributed by atoms with Gasteiger partial charge in [-0.25, -0.2) is 14.4 Å². The Labute approximate surface area is 708 Å². The van der Waals surface area contributed by atoms with Crippen LogP contribution in [0.15, 0.2) is 24.4 Å². The fourth-order valence-electron chi connectivity index (χ4n) is 3.81. The summed E-state index contributed by atoms with van der Waals surface area (Å²) in [6, 6.07) is 6.28. The van der Waals surface area contributed by atoms with Crippen molar-refractivity contribution in [3.05, 3.63) is 85.4 Å². The van der Waals surface area contributed by atoms with Crippen LogP contribution < -0.4 is 0 Å². The van der Waals surface area contributed by atoms with E-state index in [0.717, 1.165) is 25.0 Å². The van der Waals surface area contributed by atoms with Crippen LogP contribution >= 0.6 is 37.7 Å². The number of nitrogens with one attached hydrogen (secondary N) is 2. The Balaban J connectivity index is -0.0000000338. The van der Waals surface area contributed by atoms with Crippen LogP contribution in [-0.2, 0) is 168 Å². The van der Waals surface area contributed by atoms with Gasteiger partial charge < -0.3 is 137 Å². The van der Waals surface area contributed by atoms with Crippen LogP contribution in [0, 0.1) is 25.2 Å². The van der Waals surface area contributed by atoms with Crippen molar-refractivity contribution < 1.29 is 250 Å². The van der Waals surface area contributed by atoms with E-state index in [1.807, 2.05) is 25.1 Å². The van der Waals surface area contributed by atoms with Gasteiger partial charge in [0.25, 0.3) is 0 Å². The SMILES string of the molecule is CCC(=O)O.CCC(=O)O.CCC(=O)O.CCC(=O)O.CCC(=O)O.CCC(=O)O.CCC(=O)O.CCC(=O)O.CCC(=O)O.CCC(=O)O.Cc1ccccn1.O=C(O)C(=O)O.O=C(O)C1(C(=O)O)CCC1.O=C(O)CO.[CH2-][C@@H]1CCCCC1[NH-].[Cl][Pt+2][Cl].[Cl][Pt][Cl].[NH-]C1CCCCC1.[NH2-].[NH2-].[NH2-].[NH2-].[NH2-].[NH2-].[Pt+2].[Pt+2].[Pt+2]. The summed E-state index contributed by atoms with van der Waals surface area (Å²) in [5, 5.41) is 124. The number of hydrogen-bond acceptors (Lipinski definition) is 17. The zero-order valence-corrected chi connectivity index (χ0v) is 76.2. The standard InChI is InChI=1S/C7H13N.C6H7N.C6H12N.C6H8O4.10C3H6O2.C2H2O4.C2H4O3.4ClH.6H2N.5Pt/c1-6-4-2-3-5-7(6)8;1-6-4-2-3-5-7-6;7-6-4-2-1-3-5-6;7-4(8)6(5(9)10)2-1-3-6;10*1-2-3(4)5;3-1(4)2(5)6;3-1-2(4)5;;;;;;;;;;;;;;;/h6-8H,1-5H2;2-5H,1H3;6-7H,1-5H2;1-3H2,(H,7,8)(H,9,10);10*2H2,1H3,(H,4,5);(H,3,4)(H,5,6);3H,1H2,(H,4,5);4*1H;6*1H2;;;;;/q-2;;-1;;;;;;;;;;;;;;;;;;6*-1;4*+2;+4/p-4/t6-,7?;;;;;;;;;;;;;;;;;;;;;;;;;;;;;;/m1............................../s1. The van der Waals surface area contributed by atoms with E-state index in [4.69, 9.17) is 145 Å². The monoisotopic (exact) mass is 2560 g/mol. The van der Waals surface area contributed by atoms with E-state index in [1.165, 1.54) is 38.5 Å². The third kappa shape index (κ3) is 218. The maximum Gasteiger partial charge on any atom is 2.00 e. The molecule has 3 fully saturated rings. The number of nitrogens with two attached hydrogens (primary N) is 6. The molecule has 108 heavy (non-hydrogen) atoms. The molecule has 0 radical (unpaired) electrons. The topological polar surface area (TPSA) is 841 Å². The molecule has 0 spiro atoms. The van der Waals surface area contributed by atoms with Gasteiger partial charge in [0.1, 0.15) is 6.61 Å². The number of hydrogen-bond donors (Lipinski definition) is 16. The Bertz CT molecular complexity index is 1920. The first-order chi connectivity index (χ1) is 45.6. The molecule has 3 aliphatic carbocycles. The Hall–Kier alpha value is -4.56. The molecule has 1 heterocycles. The number of carboxylic acids is 15. The number of aliphatic carboxylic acids is 15. The quantitative estimate of drug-likeness (QED) is 0.0495. The number of aliphatic hydroxyl groups is 1. The zero-order valence-electron chi connectivity index (χ0n) is 61.8. The molecule has 3 aliphatic rings. The average molecular weight is 2570 g/mol. The van der Waals surface area contributed by atoms with Gasteiger partial charge in [0.15, 0.2) is 5.41 Å². The fraction of sp³-hybridized carbons (Fsp3) is 0.644. The van der Waals surface area contributed by atoms with Crippen LogP contribution in [0.2, 0.25) is 0 Å². The van der Waals surface area contributed by atoms with Crippen molar-refractivity contribution in [2.45, 2.75) is 230 Å². The predicted molar refractivity (Wildman–Crippen MR) is 392 cm³/mol. The zero-order chi connectivity index (χ0) is 81.7. The summed E-state index contributed by atoms with van der Waals surface area (Å²) >= 11 is -0.944. The van der Waals surface area contributed by atoms with Crippen LogP contribution in [-0.4, -0.2) is 195 Å². The number of carboxylic acid groups (broad SMARTS) is 15. The molecular formula is C59H118Cl4N9O31Pt5-. The molecule has 2 atom stereocenters. The summed E-state index contributed by atoms with van der Waals surface area (Å²) in [5.74, 6) is -14.3. The Morgan fingerprint density at radius 3 is 0.685 bits per heavy atom. The van der Waals surface area contributed by atoms with E-state index in [1.54, 1.807) is 75.4 Å². The van der Waals surface area contributed by atoms with Crippen molar-refractivity contribution in [3.8, 4) is 0 Å². The molecule has 3 saturated carbocycles. The molecule has 1 unspecified atom stereocenters. The summed E-state index contributed by atoms with van der Waals surface area (Å²) in [4.78, 5) is 146. The molecule has 664 valence electrons. The number of rotatable bonds is 13. The second-order valence-electron chi connectivity index (χ2n) is 17.7. The number of aromatic nitrogens is 1. The van der Waals surface area contributed by atoms with Crippen molar-refractivity contribution in [3.63, 3.8) is 0 Å². The number of aryl methyl sites for hydroxylation is 1. The number of pyridine rings is 1. The largest absolute Gasteiger partial charge is 2.00 e. The van der Waals surface area contributed by atoms with Crippen LogP contribution in [0.25, 0.3) is 48.4 Å². The maximum atomic E-state index is 10.4. The van der Waals surface area contributed by atoms with Gasteiger partial charge in [0.2, 0.25) is 0 Å². The van der Waals surface area contributed by atoms with Gasteiger partial charge in [-0.05, 0) is 38.3 Å². The van der Waals surface area contributed by atoms with Gasteiger partial charge in [0.05, 0.1) is 0 Å². The van der Waals surface area contributed by atoms with Crippen molar-refractivity contribution in [2.75, 3.05) is 6.61 Å². The van der Waals surface area contributed by atoms with Crippen LogP contribution in [0.1, 0.15) is 216 Å². The molecule has 4 rings (SSSR count). The average Bonchev–Trinajstić information content (AvgIpc) is 0.794. The van der Waals surface area contributed by atoms with E-state index in [0.29, 0.717) is 12.3 Å². The summed E-state index contributed by atoms with van der Waals surface area (Å²) < 4.78 is 0. The van der Waals surface area contributed by atoms with Crippen molar-refractivity contribution in [2.24, 2.45) is 11.3 Å². The van der Waals surface area contributed by atoms with Crippen LogP contribution in [0.3, 0.4) is 0 Å². The number of aliphatic hydroxyl groups excluding tert-OH is 1. The molecule has 30 N–H and O–H groups in total.